The molecule has 0 saturated heterocycles. The highest BCUT2D eigenvalue weighted by Gasteiger charge is 2.24. The maximum atomic E-state index is 13.5. The van der Waals surface area contributed by atoms with Crippen molar-refractivity contribution in [2.75, 3.05) is 6.61 Å². The van der Waals surface area contributed by atoms with Gasteiger partial charge in [-0.15, -0.1) is 11.3 Å². The molecule has 0 atom stereocenters. The monoisotopic (exact) mass is 413 g/mol. The van der Waals surface area contributed by atoms with Gasteiger partial charge in [0.15, 0.2) is 0 Å². The number of rotatable bonds is 6. The van der Waals surface area contributed by atoms with Gasteiger partial charge in [-0.1, -0.05) is 19.3 Å². The number of benzene rings is 1. The lowest BCUT2D eigenvalue weighted by Gasteiger charge is -2.24. The molecule has 0 N–H and O–H groups in total. The number of carbonyl (C=O) groups is 1. The molecule has 1 aliphatic rings. The second-order valence-electron chi connectivity index (χ2n) is 7.28. The summed E-state index contributed by atoms with van der Waals surface area (Å²) in [5.41, 5.74) is 3.50. The first-order chi connectivity index (χ1) is 14.2. The first kappa shape index (κ1) is 19.8. The van der Waals surface area contributed by atoms with E-state index in [0.717, 1.165) is 34.7 Å². The van der Waals surface area contributed by atoms with E-state index in [4.69, 9.17) is 9.84 Å². The summed E-state index contributed by atoms with van der Waals surface area (Å²) in [7, 11) is 0. The third kappa shape index (κ3) is 4.40. The molecule has 4 rings (SSSR count). The highest BCUT2D eigenvalue weighted by atomic mass is 32.1. The topological polar surface area (TPSA) is 57.0 Å². The number of thiazole rings is 1. The lowest BCUT2D eigenvalue weighted by molar-refractivity contribution is -0.142. The average Bonchev–Trinajstić information content (AvgIpc) is 3.36. The van der Waals surface area contributed by atoms with Crippen molar-refractivity contribution in [2.24, 2.45) is 0 Å². The molecule has 2 heterocycles. The zero-order valence-electron chi connectivity index (χ0n) is 16.4. The van der Waals surface area contributed by atoms with Crippen molar-refractivity contribution < 1.29 is 13.9 Å². The minimum absolute atomic E-state index is 0.160. The number of carbonyl (C=O) groups excluding carboxylic acids is 1. The molecule has 0 amide bonds. The van der Waals surface area contributed by atoms with Crippen LogP contribution in [0, 0.1) is 5.82 Å². The minimum atomic E-state index is -0.277. The summed E-state index contributed by atoms with van der Waals surface area (Å²) in [6.07, 6.45) is 7.86. The molecule has 29 heavy (non-hydrogen) atoms. The van der Waals surface area contributed by atoms with Crippen molar-refractivity contribution in [1.82, 2.24) is 14.8 Å². The fourth-order valence-corrected chi connectivity index (χ4v) is 4.72. The Morgan fingerprint density at radius 3 is 2.72 bits per heavy atom. The summed E-state index contributed by atoms with van der Waals surface area (Å²) in [5.74, 6) is -0.536. The maximum Gasteiger partial charge on any atom is 0.311 e. The summed E-state index contributed by atoms with van der Waals surface area (Å²) in [6.45, 7) is 2.15. The molecule has 0 bridgehead atoms. The maximum absolute atomic E-state index is 13.5. The predicted molar refractivity (Wildman–Crippen MR) is 111 cm³/mol. The van der Waals surface area contributed by atoms with Crippen molar-refractivity contribution in [2.45, 2.75) is 51.5 Å². The van der Waals surface area contributed by atoms with E-state index in [1.807, 2.05) is 11.6 Å². The van der Waals surface area contributed by atoms with Crippen LogP contribution in [0.4, 0.5) is 4.39 Å². The molecule has 1 aromatic carbocycles. The Morgan fingerprint density at radius 2 is 2.00 bits per heavy atom. The third-order valence-corrected chi connectivity index (χ3v) is 6.17. The molecule has 1 fully saturated rings. The van der Waals surface area contributed by atoms with E-state index in [2.05, 4.69) is 9.67 Å². The second-order valence-corrected chi connectivity index (χ2v) is 8.13. The molecule has 0 aliphatic heterocycles. The largest absolute Gasteiger partial charge is 0.466 e. The Labute approximate surface area is 173 Å². The summed E-state index contributed by atoms with van der Waals surface area (Å²) in [4.78, 5) is 16.4. The Hall–Kier alpha value is -2.54. The first-order valence-electron chi connectivity index (χ1n) is 10.1. The van der Waals surface area contributed by atoms with E-state index in [1.165, 1.54) is 42.7 Å². The molecular formula is C22H24FN3O2S. The van der Waals surface area contributed by atoms with Crippen molar-refractivity contribution in [3.05, 3.63) is 47.4 Å². The molecule has 1 aliphatic carbocycles. The van der Waals surface area contributed by atoms with E-state index >= 15 is 0 Å². The van der Waals surface area contributed by atoms with Gasteiger partial charge in [0, 0.05) is 10.9 Å². The van der Waals surface area contributed by atoms with Gasteiger partial charge in [-0.3, -0.25) is 9.48 Å². The Bertz CT molecular complexity index is 974. The van der Waals surface area contributed by atoms with Crippen molar-refractivity contribution in [1.29, 1.82) is 0 Å². The summed E-state index contributed by atoms with van der Waals surface area (Å²) in [5, 5.41) is 7.41. The highest BCUT2D eigenvalue weighted by Crippen LogP contribution is 2.38. The Kier molecular flexibility index (Phi) is 6.04. The average molecular weight is 414 g/mol. The number of halogens is 1. The molecular weight excluding hydrogens is 389 g/mol. The number of hydrogen-bond acceptors (Lipinski definition) is 5. The van der Waals surface area contributed by atoms with Gasteiger partial charge in [-0.05, 0) is 44.0 Å². The van der Waals surface area contributed by atoms with Crippen LogP contribution < -0.4 is 0 Å². The fraction of sp³-hybridized carbons (Fsp3) is 0.409. The van der Waals surface area contributed by atoms with E-state index in [1.54, 1.807) is 19.1 Å². The zero-order chi connectivity index (χ0) is 20.2. The molecule has 152 valence electrons. The smallest absolute Gasteiger partial charge is 0.311 e. The van der Waals surface area contributed by atoms with Gasteiger partial charge in [0.1, 0.15) is 10.8 Å². The van der Waals surface area contributed by atoms with Crippen LogP contribution in [-0.4, -0.2) is 27.3 Å². The second kappa shape index (κ2) is 8.86. The van der Waals surface area contributed by atoms with E-state index in [-0.39, 0.29) is 18.2 Å². The normalized spacial score (nSPS) is 14.8. The number of aromatic nitrogens is 3. The van der Waals surface area contributed by atoms with Gasteiger partial charge in [0.25, 0.3) is 0 Å². The molecule has 2 aromatic heterocycles. The highest BCUT2D eigenvalue weighted by molar-refractivity contribution is 7.13. The van der Waals surface area contributed by atoms with Gasteiger partial charge >= 0.3 is 5.97 Å². The van der Waals surface area contributed by atoms with Crippen molar-refractivity contribution >= 4 is 17.3 Å². The van der Waals surface area contributed by atoms with Crippen LogP contribution in [0.25, 0.3) is 21.8 Å². The molecule has 3 aromatic rings. The number of nitrogens with zero attached hydrogens (tertiary/aromatic N) is 3. The van der Waals surface area contributed by atoms with Gasteiger partial charge < -0.3 is 4.74 Å². The molecule has 0 radical (unpaired) electrons. The van der Waals surface area contributed by atoms with Crippen LogP contribution in [0.1, 0.15) is 50.8 Å². The molecule has 5 nitrogen and oxygen atoms in total. The van der Waals surface area contributed by atoms with Gasteiger partial charge in [-0.25, -0.2) is 9.37 Å². The number of esters is 1. The molecule has 0 spiro atoms. The molecule has 0 unspecified atom stereocenters. The van der Waals surface area contributed by atoms with E-state index in [9.17, 15) is 9.18 Å². The summed E-state index contributed by atoms with van der Waals surface area (Å²) >= 11 is 1.49. The SMILES string of the molecule is CCOC(=O)Cc1csc(-c2cnn(C3CCCCC3)c2-c2ccc(F)cc2)n1. The Balaban J connectivity index is 1.71. The summed E-state index contributed by atoms with van der Waals surface area (Å²) < 4.78 is 20.6. The van der Waals surface area contributed by atoms with Gasteiger partial charge in [0.2, 0.25) is 0 Å². The quantitative estimate of drug-likeness (QED) is 0.506. The van der Waals surface area contributed by atoms with Crippen molar-refractivity contribution in [3.8, 4) is 21.8 Å². The predicted octanol–water partition coefficient (Wildman–Crippen LogP) is 5.42. The van der Waals surface area contributed by atoms with Crippen LogP contribution in [0.15, 0.2) is 35.8 Å². The van der Waals surface area contributed by atoms with E-state index < -0.39 is 0 Å². The van der Waals surface area contributed by atoms with Crippen LogP contribution in [0.5, 0.6) is 0 Å². The summed E-state index contributed by atoms with van der Waals surface area (Å²) in [6, 6.07) is 6.89. The molecule has 7 heteroatoms. The van der Waals surface area contributed by atoms with E-state index in [0.29, 0.717) is 18.3 Å². The number of hydrogen-bond donors (Lipinski definition) is 0. The van der Waals surface area contributed by atoms with Crippen LogP contribution >= 0.6 is 11.3 Å². The van der Waals surface area contributed by atoms with Crippen molar-refractivity contribution in [3.63, 3.8) is 0 Å². The van der Waals surface area contributed by atoms with Gasteiger partial charge in [0.05, 0.1) is 42.2 Å². The minimum Gasteiger partial charge on any atom is -0.466 e. The Morgan fingerprint density at radius 1 is 1.24 bits per heavy atom. The van der Waals surface area contributed by atoms with Gasteiger partial charge in [-0.2, -0.15) is 5.10 Å². The number of ether oxygens (including phenoxy) is 1. The van der Waals surface area contributed by atoms with Crippen LogP contribution in [0.2, 0.25) is 0 Å². The van der Waals surface area contributed by atoms with Crippen LogP contribution in [0.3, 0.4) is 0 Å². The fourth-order valence-electron chi connectivity index (χ4n) is 3.89. The standard InChI is InChI=1S/C22H24FN3O2S/c1-2-28-20(27)12-17-14-29-22(25-17)19-13-24-26(18-6-4-3-5-7-18)21(19)15-8-10-16(23)11-9-15/h8-11,13-14,18H,2-7,12H2,1H3. The zero-order valence-corrected chi connectivity index (χ0v) is 17.3. The third-order valence-electron chi connectivity index (χ3n) is 5.25. The molecule has 1 saturated carbocycles. The lowest BCUT2D eigenvalue weighted by atomic mass is 9.95. The van der Waals surface area contributed by atoms with Crippen LogP contribution in [-0.2, 0) is 16.0 Å². The first-order valence-corrected chi connectivity index (χ1v) is 11.0. The lowest BCUT2D eigenvalue weighted by Crippen LogP contribution is -2.15.